The first kappa shape index (κ1) is 13.8. The van der Waals surface area contributed by atoms with Crippen molar-refractivity contribution in [2.24, 2.45) is 5.92 Å². The Morgan fingerprint density at radius 3 is 2.82 bits per heavy atom. The van der Waals surface area contributed by atoms with E-state index in [2.05, 4.69) is 50.0 Å². The molecule has 2 heteroatoms. The molecule has 0 saturated heterocycles. The van der Waals surface area contributed by atoms with E-state index in [4.69, 9.17) is 4.74 Å². The molecule has 0 aromatic heterocycles. The molecule has 0 aliphatic rings. The van der Waals surface area contributed by atoms with E-state index in [0.29, 0.717) is 19.3 Å². The molecule has 0 radical (unpaired) electrons. The van der Waals surface area contributed by atoms with Gasteiger partial charge in [-0.2, -0.15) is 0 Å². The Kier molecular flexibility index (Phi) is 5.78. The van der Waals surface area contributed by atoms with E-state index in [1.165, 1.54) is 5.56 Å². The summed E-state index contributed by atoms with van der Waals surface area (Å²) in [6.07, 6.45) is 1.10. The monoisotopic (exact) mass is 233 g/mol. The van der Waals surface area contributed by atoms with E-state index in [9.17, 15) is 0 Å². The van der Waals surface area contributed by atoms with Crippen LogP contribution in [0.15, 0.2) is 30.8 Å². The zero-order valence-electron chi connectivity index (χ0n) is 11.1. The van der Waals surface area contributed by atoms with Gasteiger partial charge in [-0.3, -0.25) is 0 Å². The van der Waals surface area contributed by atoms with Crippen LogP contribution in [0, 0.1) is 5.92 Å². The maximum absolute atomic E-state index is 5.25. The van der Waals surface area contributed by atoms with Crippen LogP contribution in [0.25, 0.3) is 5.70 Å². The molecule has 2 nitrogen and oxygen atoms in total. The molecule has 0 aliphatic carbocycles. The Bertz CT molecular complexity index is 358. The van der Waals surface area contributed by atoms with Gasteiger partial charge in [0.1, 0.15) is 6.73 Å². The first-order chi connectivity index (χ1) is 8.13. The Morgan fingerprint density at radius 2 is 2.18 bits per heavy atom. The molecule has 17 heavy (non-hydrogen) atoms. The lowest BCUT2D eigenvalue weighted by molar-refractivity contribution is 0.140. The Hall–Kier alpha value is -1.28. The number of benzene rings is 1. The van der Waals surface area contributed by atoms with Crippen molar-refractivity contribution in [2.45, 2.75) is 27.2 Å². The van der Waals surface area contributed by atoms with Gasteiger partial charge in [0.05, 0.1) is 0 Å². The summed E-state index contributed by atoms with van der Waals surface area (Å²) in [5.74, 6) is 0.676. The van der Waals surface area contributed by atoms with Crippen LogP contribution in [0.1, 0.15) is 31.9 Å². The average Bonchev–Trinajstić information content (AvgIpc) is 2.28. The maximum Gasteiger partial charge on any atom is 0.116 e. The highest BCUT2D eigenvalue weighted by Crippen LogP contribution is 2.14. The lowest BCUT2D eigenvalue weighted by Gasteiger charge is -2.11. The van der Waals surface area contributed by atoms with Crippen LogP contribution in [0.4, 0.5) is 0 Å². The van der Waals surface area contributed by atoms with Crippen LogP contribution in [0.5, 0.6) is 0 Å². The maximum atomic E-state index is 5.25. The largest absolute Gasteiger partial charge is 0.363 e. The third-order valence-electron chi connectivity index (χ3n) is 2.51. The average molecular weight is 233 g/mol. The summed E-state index contributed by atoms with van der Waals surface area (Å²) in [5, 5.41) is 3.16. The second-order valence-electron chi connectivity index (χ2n) is 4.59. The Balaban J connectivity index is 2.60. The molecular formula is C15H23NO. The van der Waals surface area contributed by atoms with Gasteiger partial charge in [0, 0.05) is 12.3 Å². The highest BCUT2D eigenvalue weighted by molar-refractivity contribution is 5.62. The van der Waals surface area contributed by atoms with E-state index in [-0.39, 0.29) is 0 Å². The van der Waals surface area contributed by atoms with Crippen molar-refractivity contribution < 1.29 is 4.74 Å². The molecule has 0 bridgehead atoms. The molecule has 1 aromatic carbocycles. The van der Waals surface area contributed by atoms with Gasteiger partial charge in [-0.25, -0.2) is 0 Å². The summed E-state index contributed by atoms with van der Waals surface area (Å²) in [5.41, 5.74) is 3.42. The zero-order valence-corrected chi connectivity index (χ0v) is 11.1. The van der Waals surface area contributed by atoms with Crippen molar-refractivity contribution in [3.8, 4) is 0 Å². The number of rotatable bonds is 7. The molecule has 0 amide bonds. The zero-order chi connectivity index (χ0) is 12.7. The quantitative estimate of drug-likeness (QED) is 0.575. The number of ether oxygens (including phenoxy) is 1. The van der Waals surface area contributed by atoms with Crippen LogP contribution in [-0.4, -0.2) is 13.3 Å². The van der Waals surface area contributed by atoms with Crippen molar-refractivity contribution in [3.63, 3.8) is 0 Å². The number of nitrogens with one attached hydrogen (secondary N) is 1. The predicted octanol–water partition coefficient (Wildman–Crippen LogP) is 3.44. The third-order valence-corrected chi connectivity index (χ3v) is 2.51. The van der Waals surface area contributed by atoms with Gasteiger partial charge in [-0.15, -0.1) is 0 Å². The first-order valence-corrected chi connectivity index (χ1v) is 6.23. The molecule has 0 fully saturated rings. The number of hydrogen-bond donors (Lipinski definition) is 1. The van der Waals surface area contributed by atoms with Gasteiger partial charge in [0.15, 0.2) is 0 Å². The van der Waals surface area contributed by atoms with Gasteiger partial charge in [0.2, 0.25) is 0 Å². The normalized spacial score (nSPS) is 10.6. The van der Waals surface area contributed by atoms with Crippen LogP contribution in [0.2, 0.25) is 0 Å². The molecule has 0 heterocycles. The Morgan fingerprint density at radius 1 is 1.41 bits per heavy atom. The van der Waals surface area contributed by atoms with Crippen molar-refractivity contribution >= 4 is 5.70 Å². The fraction of sp³-hybridized carbons (Fsp3) is 0.467. The standard InChI is InChI=1S/C15H23NO/c1-5-17-11-16-13(4)15-8-6-7-14(10-15)9-12(2)3/h6-8,10,12,16H,4-5,9,11H2,1-3H3. The molecule has 0 spiro atoms. The Labute approximate surface area is 105 Å². The van der Waals surface area contributed by atoms with Crippen LogP contribution in [0.3, 0.4) is 0 Å². The fourth-order valence-corrected chi connectivity index (χ4v) is 1.70. The summed E-state index contributed by atoms with van der Waals surface area (Å²) in [4.78, 5) is 0. The number of hydrogen-bond acceptors (Lipinski definition) is 2. The highest BCUT2D eigenvalue weighted by Gasteiger charge is 2.01. The molecule has 1 N–H and O–H groups in total. The lowest BCUT2D eigenvalue weighted by Crippen LogP contribution is -2.15. The second kappa shape index (κ2) is 7.13. The molecule has 1 rings (SSSR count). The van der Waals surface area contributed by atoms with Crippen molar-refractivity contribution in [1.82, 2.24) is 5.32 Å². The van der Waals surface area contributed by atoms with Gasteiger partial charge in [-0.05, 0) is 36.5 Å². The van der Waals surface area contributed by atoms with Gasteiger partial charge >= 0.3 is 0 Å². The van der Waals surface area contributed by atoms with Crippen LogP contribution >= 0.6 is 0 Å². The van der Waals surface area contributed by atoms with Gasteiger partial charge < -0.3 is 10.1 Å². The second-order valence-corrected chi connectivity index (χ2v) is 4.59. The molecule has 0 aliphatic heterocycles. The molecule has 0 saturated carbocycles. The van der Waals surface area contributed by atoms with Crippen molar-refractivity contribution in [3.05, 3.63) is 42.0 Å². The fourth-order valence-electron chi connectivity index (χ4n) is 1.70. The summed E-state index contributed by atoms with van der Waals surface area (Å²) in [7, 11) is 0. The topological polar surface area (TPSA) is 21.3 Å². The van der Waals surface area contributed by atoms with Gasteiger partial charge in [-0.1, -0.05) is 38.6 Å². The molecular weight excluding hydrogens is 210 g/mol. The highest BCUT2D eigenvalue weighted by atomic mass is 16.5. The first-order valence-electron chi connectivity index (χ1n) is 6.23. The molecule has 0 unspecified atom stereocenters. The lowest BCUT2D eigenvalue weighted by atomic mass is 10.0. The predicted molar refractivity (Wildman–Crippen MR) is 73.6 cm³/mol. The van der Waals surface area contributed by atoms with Crippen LogP contribution < -0.4 is 5.32 Å². The van der Waals surface area contributed by atoms with E-state index < -0.39 is 0 Å². The van der Waals surface area contributed by atoms with E-state index >= 15 is 0 Å². The summed E-state index contributed by atoms with van der Waals surface area (Å²) < 4.78 is 5.25. The summed E-state index contributed by atoms with van der Waals surface area (Å²) in [6.45, 7) is 11.7. The summed E-state index contributed by atoms with van der Waals surface area (Å²) >= 11 is 0. The van der Waals surface area contributed by atoms with E-state index in [1.54, 1.807) is 0 Å². The van der Waals surface area contributed by atoms with Crippen molar-refractivity contribution in [1.29, 1.82) is 0 Å². The molecule has 94 valence electrons. The minimum atomic E-state index is 0.518. The van der Waals surface area contributed by atoms with Crippen molar-refractivity contribution in [2.75, 3.05) is 13.3 Å². The smallest absolute Gasteiger partial charge is 0.116 e. The van der Waals surface area contributed by atoms with E-state index in [1.807, 2.05) is 6.92 Å². The van der Waals surface area contributed by atoms with Gasteiger partial charge in [0.25, 0.3) is 0 Å². The van der Waals surface area contributed by atoms with Crippen LogP contribution in [-0.2, 0) is 11.2 Å². The van der Waals surface area contributed by atoms with E-state index in [0.717, 1.165) is 17.7 Å². The molecule has 1 aromatic rings. The minimum absolute atomic E-state index is 0.518. The minimum Gasteiger partial charge on any atom is -0.363 e. The SMILES string of the molecule is C=C(NCOCC)c1cccc(CC(C)C)c1. The molecule has 0 atom stereocenters. The summed E-state index contributed by atoms with van der Waals surface area (Å²) in [6, 6.07) is 8.52. The third kappa shape index (κ3) is 5.05.